The number of nitrogens with one attached hydrogen (secondary N) is 1. The molecule has 0 bridgehead atoms. The quantitative estimate of drug-likeness (QED) is 0.555. The number of amides is 1. The third kappa shape index (κ3) is 3.87. The number of H-pyrrole nitrogens is 1. The number of aromatic nitrogens is 1. The second kappa shape index (κ2) is 7.41. The van der Waals surface area contributed by atoms with Gasteiger partial charge in [0, 0.05) is 30.3 Å². The fraction of sp³-hybridized carbons (Fsp3) is 0.200. The zero-order chi connectivity index (χ0) is 19.6. The fourth-order valence-electron chi connectivity index (χ4n) is 2.95. The first kappa shape index (κ1) is 18.3. The monoisotopic (exact) mass is 365 g/mol. The molecule has 0 aliphatic heterocycles. The molecule has 27 heavy (non-hydrogen) atoms. The summed E-state index contributed by atoms with van der Waals surface area (Å²) in [5.74, 6) is -0.241. The molecular weight excluding hydrogens is 346 g/mol. The minimum Gasteiger partial charge on any atom is -0.339 e. The lowest BCUT2D eigenvalue weighted by atomic mass is 10.0. The SMILES string of the molecule is C[C@H](c1cccc([N+](=O)[O-])c1)N(C)C(=O)Cc1cc2ccccc2[nH]c1=O. The molecule has 2 aromatic carbocycles. The fourth-order valence-corrected chi connectivity index (χ4v) is 2.95. The minimum absolute atomic E-state index is 0.0221. The minimum atomic E-state index is -0.466. The van der Waals surface area contributed by atoms with E-state index in [-0.39, 0.29) is 29.6 Å². The van der Waals surface area contributed by atoms with Crippen LogP contribution in [0.4, 0.5) is 5.69 Å². The molecule has 0 saturated carbocycles. The highest BCUT2D eigenvalue weighted by atomic mass is 16.6. The van der Waals surface area contributed by atoms with E-state index in [9.17, 15) is 19.7 Å². The van der Waals surface area contributed by atoms with Gasteiger partial charge in [-0.15, -0.1) is 0 Å². The van der Waals surface area contributed by atoms with Crippen LogP contribution in [0.15, 0.2) is 59.4 Å². The number of non-ortho nitro benzene ring substituents is 1. The van der Waals surface area contributed by atoms with Crippen molar-refractivity contribution in [3.05, 3.63) is 86.2 Å². The molecule has 138 valence electrons. The first-order valence-electron chi connectivity index (χ1n) is 8.48. The van der Waals surface area contributed by atoms with Gasteiger partial charge in [-0.2, -0.15) is 0 Å². The topological polar surface area (TPSA) is 96.3 Å². The Bertz CT molecular complexity index is 1070. The molecular formula is C20H19N3O4. The number of likely N-dealkylation sites (N-methyl/N-ethyl adjacent to an activating group) is 1. The summed E-state index contributed by atoms with van der Waals surface area (Å²) in [6, 6.07) is 14.9. The lowest BCUT2D eigenvalue weighted by Gasteiger charge is -2.25. The second-order valence-electron chi connectivity index (χ2n) is 6.42. The van der Waals surface area contributed by atoms with Crippen LogP contribution in [-0.4, -0.2) is 27.8 Å². The van der Waals surface area contributed by atoms with E-state index >= 15 is 0 Å². The zero-order valence-corrected chi connectivity index (χ0v) is 15.0. The van der Waals surface area contributed by atoms with Crippen molar-refractivity contribution in [3.63, 3.8) is 0 Å². The maximum Gasteiger partial charge on any atom is 0.269 e. The zero-order valence-electron chi connectivity index (χ0n) is 15.0. The van der Waals surface area contributed by atoms with E-state index in [1.807, 2.05) is 18.2 Å². The Morgan fingerprint density at radius 1 is 1.19 bits per heavy atom. The molecule has 1 heterocycles. The highest BCUT2D eigenvalue weighted by Crippen LogP contribution is 2.23. The number of aromatic amines is 1. The molecule has 7 nitrogen and oxygen atoms in total. The van der Waals surface area contributed by atoms with Crippen LogP contribution < -0.4 is 5.56 Å². The molecule has 0 spiro atoms. The number of nitro benzene ring substituents is 1. The second-order valence-corrected chi connectivity index (χ2v) is 6.42. The number of nitro groups is 1. The van der Waals surface area contributed by atoms with Gasteiger partial charge in [-0.05, 0) is 30.0 Å². The van der Waals surface area contributed by atoms with Crippen molar-refractivity contribution in [1.82, 2.24) is 9.88 Å². The Hall–Kier alpha value is -3.48. The van der Waals surface area contributed by atoms with Gasteiger partial charge in [0.05, 0.1) is 17.4 Å². The van der Waals surface area contributed by atoms with E-state index in [1.54, 1.807) is 38.2 Å². The molecule has 3 rings (SSSR count). The van der Waals surface area contributed by atoms with Gasteiger partial charge in [-0.3, -0.25) is 19.7 Å². The summed E-state index contributed by atoms with van der Waals surface area (Å²) in [6.45, 7) is 1.79. The van der Waals surface area contributed by atoms with Crippen LogP contribution in [0.1, 0.15) is 24.1 Å². The normalized spacial score (nSPS) is 11.9. The molecule has 1 atom stereocenters. The van der Waals surface area contributed by atoms with Crippen molar-refractivity contribution in [1.29, 1.82) is 0 Å². The van der Waals surface area contributed by atoms with E-state index in [0.717, 1.165) is 10.9 Å². The summed E-state index contributed by atoms with van der Waals surface area (Å²) in [6.07, 6.45) is -0.0457. The summed E-state index contributed by atoms with van der Waals surface area (Å²) in [4.78, 5) is 39.7. The number of rotatable bonds is 5. The number of para-hydroxylation sites is 1. The number of hydrogen-bond acceptors (Lipinski definition) is 4. The smallest absolute Gasteiger partial charge is 0.269 e. The van der Waals surface area contributed by atoms with Crippen LogP contribution in [0.5, 0.6) is 0 Å². The predicted octanol–water partition coefficient (Wildman–Crippen LogP) is 3.20. The van der Waals surface area contributed by atoms with Gasteiger partial charge >= 0.3 is 0 Å². The van der Waals surface area contributed by atoms with Gasteiger partial charge in [-0.25, -0.2) is 0 Å². The highest BCUT2D eigenvalue weighted by Gasteiger charge is 2.20. The van der Waals surface area contributed by atoms with E-state index in [4.69, 9.17) is 0 Å². The van der Waals surface area contributed by atoms with Crippen molar-refractivity contribution in [2.75, 3.05) is 7.05 Å². The molecule has 0 saturated heterocycles. The maximum atomic E-state index is 12.7. The largest absolute Gasteiger partial charge is 0.339 e. The van der Waals surface area contributed by atoms with Gasteiger partial charge in [0.15, 0.2) is 0 Å². The molecule has 0 aliphatic rings. The molecule has 3 aromatic rings. The summed E-state index contributed by atoms with van der Waals surface area (Å²) < 4.78 is 0. The van der Waals surface area contributed by atoms with Crippen molar-refractivity contribution in [2.24, 2.45) is 0 Å². The standard InChI is InChI=1S/C20H19N3O4/c1-13(14-7-5-8-17(11-14)23(26)27)22(2)19(24)12-16-10-15-6-3-4-9-18(15)21-20(16)25/h3-11,13H,12H2,1-2H3,(H,21,25)/t13-/m1/s1. The Labute approximate surface area is 155 Å². The van der Waals surface area contributed by atoms with Crippen molar-refractivity contribution < 1.29 is 9.72 Å². The van der Waals surface area contributed by atoms with Gasteiger partial charge < -0.3 is 9.88 Å². The number of hydrogen-bond donors (Lipinski definition) is 1. The highest BCUT2D eigenvalue weighted by molar-refractivity contribution is 5.82. The van der Waals surface area contributed by atoms with E-state index < -0.39 is 4.92 Å². The van der Waals surface area contributed by atoms with Gasteiger partial charge in [-0.1, -0.05) is 30.3 Å². The van der Waals surface area contributed by atoms with Gasteiger partial charge in [0.1, 0.15) is 0 Å². The van der Waals surface area contributed by atoms with Gasteiger partial charge in [0.2, 0.25) is 5.91 Å². The van der Waals surface area contributed by atoms with E-state index in [1.165, 1.54) is 17.0 Å². The third-order valence-electron chi connectivity index (χ3n) is 4.71. The summed E-state index contributed by atoms with van der Waals surface area (Å²) in [5, 5.41) is 11.8. The molecule has 7 heteroatoms. The number of nitrogens with zero attached hydrogens (tertiary/aromatic N) is 2. The van der Waals surface area contributed by atoms with Crippen LogP contribution >= 0.6 is 0 Å². The van der Waals surface area contributed by atoms with Crippen LogP contribution in [0.3, 0.4) is 0 Å². The third-order valence-corrected chi connectivity index (χ3v) is 4.71. The number of carbonyl (C=O) groups excluding carboxylic acids is 1. The first-order chi connectivity index (χ1) is 12.9. The Balaban J connectivity index is 1.81. The molecule has 0 unspecified atom stereocenters. The van der Waals surface area contributed by atoms with Crippen LogP contribution in [-0.2, 0) is 11.2 Å². The molecule has 1 amide bonds. The van der Waals surface area contributed by atoms with E-state index in [0.29, 0.717) is 11.1 Å². The number of fused-ring (bicyclic) bond motifs is 1. The van der Waals surface area contributed by atoms with Crippen LogP contribution in [0.2, 0.25) is 0 Å². The average Bonchev–Trinajstić information content (AvgIpc) is 2.67. The lowest BCUT2D eigenvalue weighted by Crippen LogP contribution is -2.32. The van der Waals surface area contributed by atoms with E-state index in [2.05, 4.69) is 4.98 Å². The maximum absolute atomic E-state index is 12.7. The average molecular weight is 365 g/mol. The summed E-state index contributed by atoms with van der Waals surface area (Å²) >= 11 is 0. The Morgan fingerprint density at radius 3 is 2.67 bits per heavy atom. The Morgan fingerprint density at radius 2 is 1.93 bits per heavy atom. The molecule has 0 aliphatic carbocycles. The number of benzene rings is 2. The molecule has 0 radical (unpaired) electrons. The summed E-state index contributed by atoms with van der Waals surface area (Å²) in [7, 11) is 1.63. The first-order valence-corrected chi connectivity index (χ1v) is 8.48. The van der Waals surface area contributed by atoms with Crippen molar-refractivity contribution >= 4 is 22.5 Å². The summed E-state index contributed by atoms with van der Waals surface area (Å²) in [5.41, 5.74) is 1.45. The molecule has 1 N–H and O–H groups in total. The van der Waals surface area contributed by atoms with Crippen LogP contribution in [0, 0.1) is 10.1 Å². The molecule has 1 aromatic heterocycles. The number of carbonyl (C=O) groups is 1. The van der Waals surface area contributed by atoms with Crippen LogP contribution in [0.25, 0.3) is 10.9 Å². The van der Waals surface area contributed by atoms with Crippen molar-refractivity contribution in [2.45, 2.75) is 19.4 Å². The predicted molar refractivity (Wildman–Crippen MR) is 103 cm³/mol. The van der Waals surface area contributed by atoms with Crippen molar-refractivity contribution in [3.8, 4) is 0 Å². The molecule has 0 fully saturated rings. The van der Waals surface area contributed by atoms with Gasteiger partial charge in [0.25, 0.3) is 11.2 Å². The number of pyridine rings is 1. The Kier molecular flexibility index (Phi) is 5.03. The lowest BCUT2D eigenvalue weighted by molar-refractivity contribution is -0.384.